The van der Waals surface area contributed by atoms with Gasteiger partial charge in [-0.15, -0.1) is 0 Å². The molecule has 1 heterocycles. The number of hydrogen-bond acceptors (Lipinski definition) is 2. The molecule has 0 N–H and O–H groups in total. The van der Waals surface area contributed by atoms with E-state index in [1.54, 1.807) is 0 Å². The van der Waals surface area contributed by atoms with E-state index >= 15 is 0 Å². The van der Waals surface area contributed by atoms with Gasteiger partial charge >= 0.3 is 5.97 Å². The van der Waals surface area contributed by atoms with Crippen LogP contribution in [0, 0.1) is 11.8 Å². The van der Waals surface area contributed by atoms with Gasteiger partial charge < -0.3 is 4.74 Å². The third-order valence-corrected chi connectivity index (χ3v) is 4.20. The molecule has 1 aliphatic heterocycles. The van der Waals surface area contributed by atoms with Gasteiger partial charge in [0.2, 0.25) is 32.6 Å². The molecular weight excluding hydrogens is 158 g/mol. The molecule has 2 atom stereocenters. The molecule has 0 spiro atoms. The molecule has 54 valence electrons. The second kappa shape index (κ2) is 3.79. The largest absolute Gasteiger partial charge is 0.465 e. The highest BCUT2D eigenvalue weighted by Gasteiger charge is 2.33. The molecule has 0 aromatic heterocycles. The average Bonchev–Trinajstić information content (AvgIpc) is 2.30. The van der Waals surface area contributed by atoms with Gasteiger partial charge in [0.15, 0.2) is 0 Å². The van der Waals surface area contributed by atoms with Crippen molar-refractivity contribution >= 4 is 38.5 Å². The van der Waals surface area contributed by atoms with E-state index in [0.717, 1.165) is 21.6 Å². The number of carbonyl (C=O) groups excluding carboxylic acids is 1. The number of carbonyl (C=O) groups is 1. The number of ether oxygens (including phenoxy) is 1. The molecule has 2 nitrogen and oxygen atoms in total. The van der Waals surface area contributed by atoms with Crippen LogP contribution in [0.2, 0.25) is 10.6 Å². The molecule has 2 unspecified atom stereocenters. The zero-order valence-corrected chi connectivity index (χ0v) is 10.6. The van der Waals surface area contributed by atoms with Gasteiger partial charge in [-0.05, 0) is 5.92 Å². The smallest absolute Gasteiger partial charge is 0.308 e. The van der Waals surface area contributed by atoms with Gasteiger partial charge in [0.05, 0.1) is 6.61 Å². The summed E-state index contributed by atoms with van der Waals surface area (Å²) in [6.45, 7) is 0.704. The van der Waals surface area contributed by atoms with Crippen LogP contribution in [-0.4, -0.2) is 45.2 Å². The molecule has 0 aromatic carbocycles. The summed E-state index contributed by atoms with van der Waals surface area (Å²) in [5.41, 5.74) is 0. The van der Waals surface area contributed by atoms with Crippen LogP contribution in [0.3, 0.4) is 0 Å². The predicted octanol–water partition coefficient (Wildman–Crippen LogP) is -1.12. The molecular formula is C6H12Al2O2. The first-order chi connectivity index (χ1) is 4.79. The van der Waals surface area contributed by atoms with E-state index in [2.05, 4.69) is 0 Å². The van der Waals surface area contributed by atoms with Crippen molar-refractivity contribution in [3.05, 3.63) is 0 Å². The van der Waals surface area contributed by atoms with E-state index in [9.17, 15) is 4.79 Å². The lowest BCUT2D eigenvalue weighted by Crippen LogP contribution is -2.14. The van der Waals surface area contributed by atoms with Gasteiger partial charge in [-0.25, -0.2) is 0 Å². The van der Waals surface area contributed by atoms with Crippen LogP contribution in [-0.2, 0) is 9.53 Å². The van der Waals surface area contributed by atoms with Crippen molar-refractivity contribution in [2.24, 2.45) is 11.8 Å². The SMILES string of the molecule is O=C1OCC([CH2][AlH2])C1[CH2][AlH2]. The number of hydrogen-bond donors (Lipinski definition) is 0. The lowest BCUT2D eigenvalue weighted by molar-refractivity contribution is -0.140. The Labute approximate surface area is 77.2 Å². The number of rotatable bonds is 2. The second-order valence-electron chi connectivity index (χ2n) is 2.81. The molecule has 0 aliphatic carbocycles. The van der Waals surface area contributed by atoms with Crippen molar-refractivity contribution in [1.29, 1.82) is 0 Å². The zero-order valence-electron chi connectivity index (χ0n) is 6.59. The van der Waals surface area contributed by atoms with Crippen LogP contribution in [0.4, 0.5) is 0 Å². The fourth-order valence-corrected chi connectivity index (χ4v) is 3.31. The maximum Gasteiger partial charge on any atom is 0.308 e. The van der Waals surface area contributed by atoms with E-state index in [0.29, 0.717) is 12.5 Å². The van der Waals surface area contributed by atoms with E-state index in [-0.39, 0.29) is 11.9 Å². The summed E-state index contributed by atoms with van der Waals surface area (Å²) in [7, 11) is 0. The van der Waals surface area contributed by atoms with E-state index in [1.807, 2.05) is 0 Å². The summed E-state index contributed by atoms with van der Waals surface area (Å²) in [5, 5.41) is 2.31. The lowest BCUT2D eigenvalue weighted by Gasteiger charge is -2.08. The minimum atomic E-state index is 0.0656. The molecule has 0 aromatic rings. The second-order valence-corrected chi connectivity index (χ2v) is 4.45. The summed E-state index contributed by atoms with van der Waals surface area (Å²) in [5.74, 6) is 0.927. The third-order valence-electron chi connectivity index (χ3n) is 2.28. The highest BCUT2D eigenvalue weighted by atomic mass is 27.0. The Morgan fingerprint density at radius 2 is 2.20 bits per heavy atom. The third kappa shape index (κ3) is 1.58. The molecule has 0 saturated carbocycles. The van der Waals surface area contributed by atoms with Crippen molar-refractivity contribution in [2.45, 2.75) is 10.6 Å². The van der Waals surface area contributed by atoms with Crippen LogP contribution in [0.25, 0.3) is 0 Å². The van der Waals surface area contributed by atoms with Gasteiger partial charge in [-0.3, -0.25) is 4.79 Å². The van der Waals surface area contributed by atoms with Crippen LogP contribution in [0.5, 0.6) is 0 Å². The Kier molecular flexibility index (Phi) is 3.27. The van der Waals surface area contributed by atoms with E-state index in [4.69, 9.17) is 4.74 Å². The molecule has 0 radical (unpaired) electrons. The Morgan fingerprint density at radius 1 is 1.50 bits per heavy atom. The monoisotopic (exact) mass is 170 g/mol. The topological polar surface area (TPSA) is 26.3 Å². The fourth-order valence-electron chi connectivity index (χ4n) is 1.51. The van der Waals surface area contributed by atoms with Crippen molar-refractivity contribution in [2.75, 3.05) is 6.61 Å². The number of esters is 1. The summed E-state index contributed by atoms with van der Waals surface area (Å²) >= 11 is 2.33. The Morgan fingerprint density at radius 3 is 2.60 bits per heavy atom. The maximum absolute atomic E-state index is 11.0. The minimum absolute atomic E-state index is 0.0656. The quantitative estimate of drug-likeness (QED) is 0.387. The summed E-state index contributed by atoms with van der Waals surface area (Å²) < 4.78 is 4.97. The molecule has 1 saturated heterocycles. The van der Waals surface area contributed by atoms with E-state index < -0.39 is 0 Å². The minimum Gasteiger partial charge on any atom is -0.465 e. The lowest BCUT2D eigenvalue weighted by atomic mass is 9.99. The molecule has 0 amide bonds. The summed E-state index contributed by atoms with van der Waals surface area (Å²) in [6, 6.07) is 0. The summed E-state index contributed by atoms with van der Waals surface area (Å²) in [4.78, 5) is 11.0. The van der Waals surface area contributed by atoms with Crippen LogP contribution >= 0.6 is 0 Å². The molecule has 0 bridgehead atoms. The molecule has 1 rings (SSSR count). The highest BCUT2D eigenvalue weighted by Crippen LogP contribution is 2.26. The highest BCUT2D eigenvalue weighted by molar-refractivity contribution is 6.11. The van der Waals surface area contributed by atoms with E-state index in [1.165, 1.54) is 21.6 Å². The van der Waals surface area contributed by atoms with Crippen molar-refractivity contribution in [1.82, 2.24) is 0 Å². The van der Waals surface area contributed by atoms with Gasteiger partial charge in [-0.2, -0.15) is 0 Å². The molecule has 1 aliphatic rings. The van der Waals surface area contributed by atoms with Crippen molar-refractivity contribution < 1.29 is 9.53 Å². The maximum atomic E-state index is 11.0. The first kappa shape index (κ1) is 8.63. The van der Waals surface area contributed by atoms with Crippen LogP contribution in [0.1, 0.15) is 0 Å². The van der Waals surface area contributed by atoms with Gasteiger partial charge in [0.25, 0.3) is 0 Å². The van der Waals surface area contributed by atoms with Crippen LogP contribution in [0.15, 0.2) is 0 Å². The van der Waals surface area contributed by atoms with Gasteiger partial charge in [-0.1, -0.05) is 10.6 Å². The predicted molar refractivity (Wildman–Crippen MR) is 44.6 cm³/mol. The average molecular weight is 170 g/mol. The fraction of sp³-hybridized carbons (Fsp3) is 0.833. The number of cyclic esters (lactones) is 1. The van der Waals surface area contributed by atoms with Gasteiger partial charge in [0, 0.05) is 5.92 Å². The zero-order chi connectivity index (χ0) is 7.56. The first-order valence-corrected chi connectivity index (χ1v) is 6.79. The molecule has 10 heavy (non-hydrogen) atoms. The molecule has 1 fully saturated rings. The summed E-state index contributed by atoms with van der Waals surface area (Å²) in [6.07, 6.45) is 0. The van der Waals surface area contributed by atoms with Crippen molar-refractivity contribution in [3.63, 3.8) is 0 Å². The van der Waals surface area contributed by atoms with Crippen LogP contribution < -0.4 is 0 Å². The Balaban J connectivity index is 2.54. The Bertz CT molecular complexity index is 138. The standard InChI is InChI=1S/C6H8O2.2Al.4H/c1-4-3-8-6(7)5(4)2;;;;;;/h4-5H,1-3H2;;;;;;. The van der Waals surface area contributed by atoms with Crippen molar-refractivity contribution in [3.8, 4) is 0 Å². The van der Waals surface area contributed by atoms with Gasteiger partial charge in [0.1, 0.15) is 0 Å². The molecule has 4 heteroatoms. The Hall–Kier alpha value is 0.535. The normalized spacial score (nSPS) is 32.2. The first-order valence-electron chi connectivity index (χ1n) is 3.96.